The number of rotatable bonds is 3. The highest BCUT2D eigenvalue weighted by Crippen LogP contribution is 2.33. The van der Waals surface area contributed by atoms with E-state index in [1.165, 1.54) is 25.1 Å². The van der Waals surface area contributed by atoms with Crippen molar-refractivity contribution in [3.05, 3.63) is 33.9 Å². The normalized spacial score (nSPS) is 16.6. The van der Waals surface area contributed by atoms with E-state index in [1.54, 1.807) is 6.92 Å². The number of halogens is 1. The van der Waals surface area contributed by atoms with Crippen molar-refractivity contribution >= 4 is 50.2 Å². The maximum atomic E-state index is 12.2. The van der Waals surface area contributed by atoms with Gasteiger partial charge < -0.3 is 15.2 Å². The van der Waals surface area contributed by atoms with Gasteiger partial charge in [0, 0.05) is 5.02 Å². The quantitative estimate of drug-likeness (QED) is 0.474. The fraction of sp³-hybridized carbons (Fsp3) is 0.231. The second kappa shape index (κ2) is 6.81. The van der Waals surface area contributed by atoms with Gasteiger partial charge in [0.05, 0.1) is 12.3 Å². The van der Waals surface area contributed by atoms with E-state index in [0.29, 0.717) is 16.8 Å². The summed E-state index contributed by atoms with van der Waals surface area (Å²) in [6.45, 7) is 3.03. The predicted molar refractivity (Wildman–Crippen MR) is 89.2 cm³/mol. The van der Waals surface area contributed by atoms with E-state index < -0.39 is 16.0 Å². The van der Waals surface area contributed by atoms with Gasteiger partial charge in [-0.1, -0.05) is 11.6 Å². The van der Waals surface area contributed by atoms with Crippen molar-refractivity contribution in [1.82, 2.24) is 0 Å². The number of hydrogen-bond donors (Lipinski definition) is 2. The molecule has 2 rings (SSSR count). The van der Waals surface area contributed by atoms with Crippen molar-refractivity contribution in [2.75, 3.05) is 11.9 Å². The van der Waals surface area contributed by atoms with Gasteiger partial charge in [-0.2, -0.15) is 8.42 Å². The summed E-state index contributed by atoms with van der Waals surface area (Å²) in [6, 6.07) is 4.21. The summed E-state index contributed by atoms with van der Waals surface area (Å²) in [6.07, 6.45) is 0. The van der Waals surface area contributed by atoms with E-state index in [4.69, 9.17) is 16.3 Å². The Morgan fingerprint density at radius 3 is 2.78 bits per heavy atom. The molecule has 0 saturated carbocycles. The first-order valence-electron chi connectivity index (χ1n) is 6.41. The molecule has 1 aliphatic rings. The fourth-order valence-electron chi connectivity index (χ4n) is 1.72. The van der Waals surface area contributed by atoms with Gasteiger partial charge in [0.1, 0.15) is 15.6 Å². The summed E-state index contributed by atoms with van der Waals surface area (Å²) in [5.74, 6) is -1.07. The van der Waals surface area contributed by atoms with Gasteiger partial charge in [0.25, 0.3) is 10.0 Å². The second-order valence-electron chi connectivity index (χ2n) is 4.37. The van der Waals surface area contributed by atoms with Crippen LogP contribution in [0.5, 0.6) is 0 Å². The molecule has 1 heterocycles. The molecular weight excluding hydrogens is 364 g/mol. The average molecular weight is 377 g/mol. The molecule has 2 N–H and O–H groups in total. The monoisotopic (exact) mass is 376 g/mol. The summed E-state index contributed by atoms with van der Waals surface area (Å²) in [5, 5.41) is 12.6. The van der Waals surface area contributed by atoms with Gasteiger partial charge in [-0.25, -0.2) is 4.79 Å². The first-order valence-corrected chi connectivity index (χ1v) is 9.04. The number of esters is 1. The molecule has 1 aliphatic heterocycles. The van der Waals surface area contributed by atoms with Crippen molar-refractivity contribution in [1.29, 1.82) is 0 Å². The fourth-order valence-corrected chi connectivity index (χ4v) is 3.97. The zero-order valence-electron chi connectivity index (χ0n) is 12.2. The molecule has 0 saturated heterocycles. The van der Waals surface area contributed by atoms with Gasteiger partial charge in [-0.05, 0) is 43.8 Å². The van der Waals surface area contributed by atoms with Crippen molar-refractivity contribution in [3.63, 3.8) is 0 Å². The highest BCUT2D eigenvalue weighted by Gasteiger charge is 2.28. The molecule has 1 aromatic rings. The minimum Gasteiger partial charge on any atom is -0.511 e. The average Bonchev–Trinajstić information content (AvgIpc) is 2.43. The molecule has 0 aromatic heterocycles. The van der Waals surface area contributed by atoms with E-state index in [9.17, 15) is 18.3 Å². The Bertz CT molecular complexity index is 814. The number of benzene rings is 1. The van der Waals surface area contributed by atoms with Crippen LogP contribution in [0.4, 0.5) is 5.69 Å². The second-order valence-corrected chi connectivity index (χ2v) is 7.38. The molecular formula is C13H13ClN2O5S2. The Morgan fingerprint density at radius 1 is 1.48 bits per heavy atom. The predicted octanol–water partition coefficient (Wildman–Crippen LogP) is 2.90. The Morgan fingerprint density at radius 2 is 2.17 bits per heavy atom. The molecule has 1 aromatic carbocycles. The maximum absolute atomic E-state index is 12.2. The molecule has 0 aliphatic carbocycles. The summed E-state index contributed by atoms with van der Waals surface area (Å²) in [5.41, 5.74) is 0.244. The maximum Gasteiger partial charge on any atom is 0.348 e. The number of carbonyl (C=O) groups excluding carboxylic acids is 1. The van der Waals surface area contributed by atoms with Gasteiger partial charge in [-0.15, -0.1) is 4.40 Å². The van der Waals surface area contributed by atoms with E-state index >= 15 is 0 Å². The van der Waals surface area contributed by atoms with Crippen molar-refractivity contribution in [3.8, 4) is 0 Å². The number of hydrogen-bond acceptors (Lipinski definition) is 7. The number of thioether (sulfide) groups is 1. The molecule has 23 heavy (non-hydrogen) atoms. The zero-order valence-corrected chi connectivity index (χ0v) is 14.5. The molecule has 0 spiro atoms. The number of ether oxygens (including phenoxy) is 1. The number of amidine groups is 1. The Balaban J connectivity index is 2.37. The number of nitrogens with zero attached hydrogens (tertiary/aromatic N) is 1. The Hall–Kier alpha value is -1.71. The first kappa shape index (κ1) is 17.6. The Labute approximate surface area is 142 Å². The van der Waals surface area contributed by atoms with Crippen LogP contribution in [0.2, 0.25) is 5.02 Å². The van der Waals surface area contributed by atoms with Crippen molar-refractivity contribution < 1.29 is 23.1 Å². The number of sulfonamides is 1. The van der Waals surface area contributed by atoms with Crippen LogP contribution < -0.4 is 5.32 Å². The molecule has 0 amide bonds. The topological polar surface area (TPSA) is 105 Å². The molecule has 0 unspecified atom stereocenters. The SMILES string of the molecule is CCOC(=O)/C(SC1=NS(=O)(=O)c2ccc(Cl)cc2N1)=C(/C)O. The number of nitrogens with one attached hydrogen (secondary N) is 1. The number of allylic oxidation sites excluding steroid dienone is 1. The third-order valence-corrected chi connectivity index (χ3v) is 5.39. The highest BCUT2D eigenvalue weighted by atomic mass is 35.5. The van der Waals surface area contributed by atoms with E-state index in [2.05, 4.69) is 9.71 Å². The van der Waals surface area contributed by atoms with Crippen LogP contribution in [0.1, 0.15) is 13.8 Å². The number of carbonyl (C=O) groups is 1. The van der Waals surface area contributed by atoms with Crippen LogP contribution in [0.25, 0.3) is 0 Å². The molecule has 10 heteroatoms. The lowest BCUT2D eigenvalue weighted by Gasteiger charge is -2.18. The van der Waals surface area contributed by atoms with Gasteiger partial charge >= 0.3 is 5.97 Å². The lowest BCUT2D eigenvalue weighted by molar-refractivity contribution is -0.137. The third-order valence-electron chi connectivity index (χ3n) is 2.65. The van der Waals surface area contributed by atoms with Gasteiger partial charge in [-0.3, -0.25) is 0 Å². The molecule has 7 nitrogen and oxygen atoms in total. The van der Waals surface area contributed by atoms with Crippen LogP contribution in [-0.2, 0) is 19.6 Å². The molecule has 124 valence electrons. The van der Waals surface area contributed by atoms with E-state index in [0.717, 1.165) is 0 Å². The largest absolute Gasteiger partial charge is 0.511 e. The summed E-state index contributed by atoms with van der Waals surface area (Å²) in [7, 11) is -3.93. The minimum atomic E-state index is -3.93. The van der Waals surface area contributed by atoms with Crippen LogP contribution in [0.15, 0.2) is 38.2 Å². The van der Waals surface area contributed by atoms with Crippen LogP contribution in [0.3, 0.4) is 0 Å². The zero-order chi connectivity index (χ0) is 17.2. The van der Waals surface area contributed by atoms with Crippen LogP contribution in [-0.4, -0.2) is 31.3 Å². The summed E-state index contributed by atoms with van der Waals surface area (Å²) < 4.78 is 32.7. The molecule has 0 fully saturated rings. The van der Waals surface area contributed by atoms with Gasteiger partial charge in [0.15, 0.2) is 5.17 Å². The van der Waals surface area contributed by atoms with Gasteiger partial charge in [0.2, 0.25) is 0 Å². The molecule has 0 radical (unpaired) electrons. The van der Waals surface area contributed by atoms with E-state index in [-0.39, 0.29) is 33.0 Å². The smallest absolute Gasteiger partial charge is 0.348 e. The number of aliphatic hydroxyl groups excluding tert-OH is 1. The summed E-state index contributed by atoms with van der Waals surface area (Å²) in [4.78, 5) is 11.6. The van der Waals surface area contributed by atoms with Crippen LogP contribution in [0, 0.1) is 0 Å². The van der Waals surface area contributed by atoms with Crippen molar-refractivity contribution in [2.45, 2.75) is 18.7 Å². The number of anilines is 1. The third kappa shape index (κ3) is 3.98. The first-order chi connectivity index (χ1) is 10.7. The number of aliphatic hydroxyl groups is 1. The molecule has 0 atom stereocenters. The Kier molecular flexibility index (Phi) is 5.23. The van der Waals surface area contributed by atoms with Crippen molar-refractivity contribution in [2.24, 2.45) is 4.40 Å². The standard InChI is InChI=1S/C13H13ClN2O5S2/c1-3-21-12(18)11(7(2)17)22-13-15-9-6-8(14)4-5-10(9)23(19,20)16-13/h4-6,17H,3H2,1-2H3,(H,15,16)/b11-7+. The highest BCUT2D eigenvalue weighted by molar-refractivity contribution is 8.18. The lowest BCUT2D eigenvalue weighted by atomic mass is 10.3. The lowest BCUT2D eigenvalue weighted by Crippen LogP contribution is -2.20. The summed E-state index contributed by atoms with van der Waals surface area (Å²) >= 11 is 6.53. The molecule has 0 bridgehead atoms. The van der Waals surface area contributed by atoms with E-state index in [1.807, 2.05) is 0 Å². The van der Waals surface area contributed by atoms with Crippen LogP contribution >= 0.6 is 23.4 Å². The minimum absolute atomic E-state index is 0.0198. The number of fused-ring (bicyclic) bond motifs is 1.